The van der Waals surface area contributed by atoms with E-state index in [0.717, 1.165) is 40.6 Å². The maximum Gasteiger partial charge on any atom is 0.252 e. The van der Waals surface area contributed by atoms with E-state index in [9.17, 15) is 9.90 Å². The van der Waals surface area contributed by atoms with Crippen molar-refractivity contribution in [3.8, 4) is 5.75 Å². The van der Waals surface area contributed by atoms with Crippen molar-refractivity contribution in [1.29, 1.82) is 0 Å². The van der Waals surface area contributed by atoms with Crippen molar-refractivity contribution in [2.75, 3.05) is 0 Å². The number of benzene rings is 3. The SMILES string of the molecule is O=C1NC(c2c(CNC3Cc4[nH]c5ccccc5c4C3)[nH]c3ccccc23)c2cc(O)ccc21. The first-order valence-corrected chi connectivity index (χ1v) is 11.7. The van der Waals surface area contributed by atoms with Crippen LogP contribution in [0.5, 0.6) is 5.75 Å². The van der Waals surface area contributed by atoms with Crippen molar-refractivity contribution in [3.05, 3.63) is 100 Å². The summed E-state index contributed by atoms with van der Waals surface area (Å²) in [5.41, 5.74) is 8.54. The molecule has 3 heterocycles. The first-order chi connectivity index (χ1) is 16.7. The minimum Gasteiger partial charge on any atom is -0.508 e. The molecule has 5 N–H and O–H groups in total. The van der Waals surface area contributed by atoms with Crippen LogP contribution in [0, 0.1) is 0 Å². The predicted octanol–water partition coefficient (Wildman–Crippen LogP) is 4.44. The molecule has 2 unspecified atom stereocenters. The molecule has 5 aromatic rings. The number of aromatic hydroxyl groups is 1. The van der Waals surface area contributed by atoms with E-state index < -0.39 is 0 Å². The summed E-state index contributed by atoms with van der Waals surface area (Å²) in [7, 11) is 0. The first-order valence-electron chi connectivity index (χ1n) is 11.7. The molecule has 0 saturated heterocycles. The number of carbonyl (C=O) groups is 1. The molecule has 0 saturated carbocycles. The third-order valence-electron chi connectivity index (χ3n) is 7.35. The normalized spacial score (nSPS) is 19.0. The number of fused-ring (bicyclic) bond motifs is 5. The minimum absolute atomic E-state index is 0.106. The number of hydrogen-bond donors (Lipinski definition) is 5. The molecule has 2 aliphatic rings. The monoisotopic (exact) mass is 448 g/mol. The minimum atomic E-state index is -0.303. The fourth-order valence-corrected chi connectivity index (χ4v) is 5.82. The molecule has 1 amide bonds. The second kappa shape index (κ2) is 7.23. The summed E-state index contributed by atoms with van der Waals surface area (Å²) in [6, 6.07) is 21.7. The Hall–Kier alpha value is -4.03. The van der Waals surface area contributed by atoms with Crippen LogP contribution in [0.2, 0.25) is 0 Å². The van der Waals surface area contributed by atoms with Gasteiger partial charge in [0.2, 0.25) is 0 Å². The van der Waals surface area contributed by atoms with E-state index in [2.05, 4.69) is 57.0 Å². The van der Waals surface area contributed by atoms with Crippen molar-refractivity contribution in [3.63, 3.8) is 0 Å². The lowest BCUT2D eigenvalue weighted by molar-refractivity contribution is 0.0960. The van der Waals surface area contributed by atoms with E-state index in [1.165, 1.54) is 22.2 Å². The maximum atomic E-state index is 12.7. The van der Waals surface area contributed by atoms with Gasteiger partial charge in [-0.15, -0.1) is 0 Å². The van der Waals surface area contributed by atoms with Crippen LogP contribution in [0.25, 0.3) is 21.8 Å². The highest BCUT2D eigenvalue weighted by atomic mass is 16.3. The van der Waals surface area contributed by atoms with Gasteiger partial charge in [-0.25, -0.2) is 0 Å². The summed E-state index contributed by atoms with van der Waals surface area (Å²) in [5.74, 6) is 0.0597. The first kappa shape index (κ1) is 19.4. The number of aromatic nitrogens is 2. The number of rotatable bonds is 4. The smallest absolute Gasteiger partial charge is 0.252 e. The van der Waals surface area contributed by atoms with Gasteiger partial charge in [0.25, 0.3) is 5.91 Å². The van der Waals surface area contributed by atoms with Crippen molar-refractivity contribution in [1.82, 2.24) is 20.6 Å². The van der Waals surface area contributed by atoms with E-state index in [1.807, 2.05) is 12.1 Å². The molecule has 0 spiro atoms. The highest BCUT2D eigenvalue weighted by Gasteiger charge is 2.34. The van der Waals surface area contributed by atoms with Gasteiger partial charge in [0.15, 0.2) is 0 Å². The number of para-hydroxylation sites is 2. The molecule has 6 nitrogen and oxygen atoms in total. The van der Waals surface area contributed by atoms with E-state index in [1.54, 1.807) is 18.2 Å². The number of nitrogens with one attached hydrogen (secondary N) is 4. The Kier molecular flexibility index (Phi) is 4.14. The molecular weight excluding hydrogens is 424 g/mol. The number of phenols is 1. The third-order valence-corrected chi connectivity index (χ3v) is 7.35. The number of carbonyl (C=O) groups excluding carboxylic acids is 1. The van der Waals surface area contributed by atoms with Crippen LogP contribution in [-0.4, -0.2) is 27.0 Å². The average molecular weight is 449 g/mol. The Morgan fingerprint density at radius 1 is 0.912 bits per heavy atom. The van der Waals surface area contributed by atoms with Crippen LogP contribution >= 0.6 is 0 Å². The van der Waals surface area contributed by atoms with Crippen molar-refractivity contribution < 1.29 is 9.90 Å². The predicted molar refractivity (Wildman–Crippen MR) is 132 cm³/mol. The zero-order chi connectivity index (χ0) is 22.8. The molecule has 168 valence electrons. The lowest BCUT2D eigenvalue weighted by Gasteiger charge is -2.17. The third kappa shape index (κ3) is 2.89. The van der Waals surface area contributed by atoms with E-state index >= 15 is 0 Å². The molecule has 6 heteroatoms. The van der Waals surface area contributed by atoms with Gasteiger partial charge in [0.05, 0.1) is 6.04 Å². The van der Waals surface area contributed by atoms with Gasteiger partial charge < -0.3 is 25.7 Å². The fourth-order valence-electron chi connectivity index (χ4n) is 5.82. The lowest BCUT2D eigenvalue weighted by atomic mass is 9.95. The summed E-state index contributed by atoms with van der Waals surface area (Å²) in [6.45, 7) is 0.664. The summed E-state index contributed by atoms with van der Waals surface area (Å²) in [4.78, 5) is 19.8. The molecular formula is C28H24N4O2. The molecule has 2 aromatic heterocycles. The summed E-state index contributed by atoms with van der Waals surface area (Å²) < 4.78 is 0. The van der Waals surface area contributed by atoms with Gasteiger partial charge >= 0.3 is 0 Å². The number of hydrogen-bond acceptors (Lipinski definition) is 3. The molecule has 34 heavy (non-hydrogen) atoms. The average Bonchev–Trinajstić information content (AvgIpc) is 3.57. The highest BCUT2D eigenvalue weighted by molar-refractivity contribution is 6.01. The standard InChI is InChI=1S/C28H24N4O2/c33-16-9-10-18-21(13-16)27(32-28(18)34)26-19-6-2-4-8-23(19)31-25(26)14-29-15-11-20-17-5-1-3-7-22(17)30-24(20)12-15/h1-10,13,15,27,29-31,33H,11-12,14H2,(H,32,34). The quantitative estimate of drug-likeness (QED) is 0.281. The topological polar surface area (TPSA) is 92.9 Å². The molecule has 0 bridgehead atoms. The Morgan fingerprint density at radius 3 is 2.53 bits per heavy atom. The largest absolute Gasteiger partial charge is 0.508 e. The molecule has 1 aliphatic carbocycles. The van der Waals surface area contributed by atoms with Gasteiger partial charge in [-0.05, 0) is 47.9 Å². The number of H-pyrrole nitrogens is 2. The number of amides is 1. The Labute approximate surface area is 196 Å². The van der Waals surface area contributed by atoms with Crippen LogP contribution in [0.4, 0.5) is 0 Å². The summed E-state index contributed by atoms with van der Waals surface area (Å²) in [5, 5.41) is 19.4. The van der Waals surface area contributed by atoms with Crippen molar-refractivity contribution >= 4 is 27.7 Å². The molecule has 0 radical (unpaired) electrons. The molecule has 7 rings (SSSR count). The van der Waals surface area contributed by atoms with Gasteiger partial charge in [0, 0.05) is 63.3 Å². The van der Waals surface area contributed by atoms with Crippen LogP contribution < -0.4 is 10.6 Å². The Morgan fingerprint density at radius 2 is 1.68 bits per heavy atom. The number of phenolic OH excluding ortho intramolecular Hbond substituents is 1. The zero-order valence-electron chi connectivity index (χ0n) is 18.5. The van der Waals surface area contributed by atoms with Crippen molar-refractivity contribution in [2.24, 2.45) is 0 Å². The van der Waals surface area contributed by atoms with Crippen LogP contribution in [0.1, 0.15) is 44.5 Å². The molecule has 1 aliphatic heterocycles. The van der Waals surface area contributed by atoms with Gasteiger partial charge in [-0.2, -0.15) is 0 Å². The van der Waals surface area contributed by atoms with Gasteiger partial charge in [-0.1, -0.05) is 36.4 Å². The fraction of sp³-hybridized carbons (Fsp3) is 0.179. The van der Waals surface area contributed by atoms with E-state index in [0.29, 0.717) is 18.2 Å². The maximum absolute atomic E-state index is 12.7. The Balaban J connectivity index is 1.22. The second-order valence-electron chi connectivity index (χ2n) is 9.35. The van der Waals surface area contributed by atoms with E-state index in [4.69, 9.17) is 0 Å². The van der Waals surface area contributed by atoms with Crippen molar-refractivity contribution in [2.45, 2.75) is 31.5 Å². The lowest BCUT2D eigenvalue weighted by Crippen LogP contribution is -2.30. The number of aromatic amines is 2. The molecule has 0 fully saturated rings. The van der Waals surface area contributed by atoms with Crippen LogP contribution in [0.3, 0.4) is 0 Å². The summed E-state index contributed by atoms with van der Waals surface area (Å²) in [6.07, 6.45) is 1.96. The van der Waals surface area contributed by atoms with Gasteiger partial charge in [0.1, 0.15) is 5.75 Å². The van der Waals surface area contributed by atoms with Crippen LogP contribution in [-0.2, 0) is 19.4 Å². The second-order valence-corrected chi connectivity index (χ2v) is 9.35. The highest BCUT2D eigenvalue weighted by Crippen LogP contribution is 2.38. The van der Waals surface area contributed by atoms with Gasteiger partial charge in [-0.3, -0.25) is 4.79 Å². The molecule has 3 aromatic carbocycles. The zero-order valence-corrected chi connectivity index (χ0v) is 18.5. The van der Waals surface area contributed by atoms with Crippen LogP contribution in [0.15, 0.2) is 66.7 Å². The Bertz CT molecular complexity index is 1600. The summed E-state index contributed by atoms with van der Waals surface area (Å²) >= 11 is 0. The molecule has 2 atom stereocenters. The van der Waals surface area contributed by atoms with E-state index in [-0.39, 0.29) is 17.7 Å².